The van der Waals surface area contributed by atoms with Gasteiger partial charge in [-0.15, -0.1) is 0 Å². The monoisotopic (exact) mass is 329 g/mol. The lowest BCUT2D eigenvalue weighted by atomic mass is 10.2. The zero-order chi connectivity index (χ0) is 14.0. The molecule has 0 heterocycles. The Labute approximate surface area is 114 Å². The number of halogens is 3. The van der Waals surface area contributed by atoms with Crippen LogP contribution in [-0.4, -0.2) is 4.92 Å². The summed E-state index contributed by atoms with van der Waals surface area (Å²) in [7, 11) is 0. The molecular weight excluding hydrogens is 324 g/mol. The fourth-order valence-electron chi connectivity index (χ4n) is 1.39. The van der Waals surface area contributed by atoms with Crippen molar-refractivity contribution in [2.45, 2.75) is 0 Å². The van der Waals surface area contributed by atoms with Crippen LogP contribution in [0.2, 0.25) is 0 Å². The summed E-state index contributed by atoms with van der Waals surface area (Å²) in [4.78, 5) is 9.57. The van der Waals surface area contributed by atoms with Crippen molar-refractivity contribution >= 4 is 21.6 Å². The van der Waals surface area contributed by atoms with E-state index in [9.17, 15) is 18.9 Å². The third-order valence-corrected chi connectivity index (χ3v) is 2.90. The highest BCUT2D eigenvalue weighted by Gasteiger charge is 2.19. The van der Waals surface area contributed by atoms with E-state index in [1.165, 1.54) is 6.07 Å². The molecule has 2 rings (SSSR count). The lowest BCUT2D eigenvalue weighted by Crippen LogP contribution is -1.96. The normalized spacial score (nSPS) is 10.3. The summed E-state index contributed by atoms with van der Waals surface area (Å²) in [6.07, 6.45) is 0. The average molecular weight is 330 g/mol. The van der Waals surface area contributed by atoms with Gasteiger partial charge in [-0.2, -0.15) is 0 Å². The molecule has 0 amide bonds. The smallest absolute Gasteiger partial charge is 0.275 e. The van der Waals surface area contributed by atoms with Crippen molar-refractivity contribution in [1.82, 2.24) is 0 Å². The van der Waals surface area contributed by atoms with Crippen molar-refractivity contribution < 1.29 is 18.4 Å². The number of rotatable bonds is 3. The van der Waals surface area contributed by atoms with Crippen LogP contribution in [0.1, 0.15) is 0 Å². The van der Waals surface area contributed by atoms with Gasteiger partial charge in [0, 0.05) is 0 Å². The molecule has 7 heteroatoms. The highest BCUT2D eigenvalue weighted by Crippen LogP contribution is 2.34. The number of hydrogen-bond acceptors (Lipinski definition) is 3. The third kappa shape index (κ3) is 2.87. The van der Waals surface area contributed by atoms with Crippen LogP contribution in [0.3, 0.4) is 0 Å². The minimum Gasteiger partial charge on any atom is -0.450 e. The predicted molar refractivity (Wildman–Crippen MR) is 67.2 cm³/mol. The van der Waals surface area contributed by atoms with Gasteiger partial charge in [0.15, 0.2) is 17.4 Å². The Bertz CT molecular complexity index is 626. The second-order valence-corrected chi connectivity index (χ2v) is 4.38. The van der Waals surface area contributed by atoms with E-state index in [-0.39, 0.29) is 5.75 Å². The molecule has 0 aliphatic rings. The second-order valence-electron chi connectivity index (χ2n) is 3.53. The minimum absolute atomic E-state index is 0.203. The topological polar surface area (TPSA) is 52.4 Å². The molecule has 0 unspecified atom stereocenters. The first-order valence-corrected chi connectivity index (χ1v) is 5.84. The van der Waals surface area contributed by atoms with Crippen molar-refractivity contribution in [3.8, 4) is 11.5 Å². The number of nitrogens with zero attached hydrogens (tertiary/aromatic N) is 1. The van der Waals surface area contributed by atoms with Gasteiger partial charge in [-0.1, -0.05) is 12.1 Å². The van der Waals surface area contributed by atoms with E-state index in [1.54, 1.807) is 18.2 Å². The van der Waals surface area contributed by atoms with Gasteiger partial charge in [0.05, 0.1) is 21.5 Å². The molecule has 0 atom stereocenters. The summed E-state index contributed by atoms with van der Waals surface area (Å²) in [5, 5.41) is 10.5. The molecule has 0 spiro atoms. The molecule has 0 radical (unpaired) electrons. The molecule has 0 N–H and O–H groups in total. The van der Waals surface area contributed by atoms with Crippen LogP contribution in [0.25, 0.3) is 0 Å². The molecule has 0 aliphatic carbocycles. The van der Waals surface area contributed by atoms with Crippen LogP contribution in [0.15, 0.2) is 40.9 Å². The standard InChI is InChI=1S/C12H6BrF2NO3/c13-8-3-1-2-4-11(8)19-12-9(14)5-7(16(17)18)6-10(12)15/h1-6H. The zero-order valence-corrected chi connectivity index (χ0v) is 10.9. The first-order chi connectivity index (χ1) is 8.99. The van der Waals surface area contributed by atoms with Crippen LogP contribution in [0.4, 0.5) is 14.5 Å². The van der Waals surface area contributed by atoms with Crippen LogP contribution in [0.5, 0.6) is 11.5 Å². The number of hydrogen-bond donors (Lipinski definition) is 0. The lowest BCUT2D eigenvalue weighted by molar-refractivity contribution is -0.385. The highest BCUT2D eigenvalue weighted by molar-refractivity contribution is 9.10. The molecule has 98 valence electrons. The Hall–Kier alpha value is -2.02. The van der Waals surface area contributed by atoms with Crippen LogP contribution in [-0.2, 0) is 0 Å². The highest BCUT2D eigenvalue weighted by atomic mass is 79.9. The third-order valence-electron chi connectivity index (χ3n) is 2.24. The molecule has 2 aromatic rings. The molecule has 19 heavy (non-hydrogen) atoms. The van der Waals surface area contributed by atoms with Crippen molar-refractivity contribution in [1.29, 1.82) is 0 Å². The SMILES string of the molecule is O=[N+]([O-])c1cc(F)c(Oc2ccccc2Br)c(F)c1. The maximum Gasteiger partial charge on any atom is 0.275 e. The summed E-state index contributed by atoms with van der Waals surface area (Å²) in [5.74, 6) is -2.75. The Morgan fingerprint density at radius 2 is 1.74 bits per heavy atom. The van der Waals surface area contributed by atoms with Crippen LogP contribution >= 0.6 is 15.9 Å². The Morgan fingerprint density at radius 1 is 1.16 bits per heavy atom. The number of ether oxygens (including phenoxy) is 1. The van der Waals surface area contributed by atoms with Crippen molar-refractivity contribution in [2.75, 3.05) is 0 Å². The quantitative estimate of drug-likeness (QED) is 0.618. The average Bonchev–Trinajstić information content (AvgIpc) is 2.35. The van der Waals surface area contributed by atoms with E-state index in [4.69, 9.17) is 4.74 Å². The zero-order valence-electron chi connectivity index (χ0n) is 9.27. The summed E-state index contributed by atoms with van der Waals surface area (Å²) in [5.41, 5.74) is -0.672. The maximum absolute atomic E-state index is 13.6. The Morgan fingerprint density at radius 3 is 2.26 bits per heavy atom. The molecule has 2 aromatic carbocycles. The van der Waals surface area contributed by atoms with Gasteiger partial charge in [-0.3, -0.25) is 10.1 Å². The maximum atomic E-state index is 13.6. The molecule has 0 fully saturated rings. The molecule has 0 saturated heterocycles. The molecule has 4 nitrogen and oxygen atoms in total. The van der Waals surface area contributed by atoms with E-state index in [2.05, 4.69) is 15.9 Å². The largest absolute Gasteiger partial charge is 0.450 e. The minimum atomic E-state index is -1.14. The molecule has 0 aliphatic heterocycles. The molecule has 0 bridgehead atoms. The predicted octanol–water partition coefficient (Wildman–Crippen LogP) is 4.43. The van der Waals surface area contributed by atoms with E-state index < -0.39 is 28.0 Å². The number of para-hydroxylation sites is 1. The van der Waals surface area contributed by atoms with Crippen molar-refractivity contribution in [2.24, 2.45) is 0 Å². The second kappa shape index (κ2) is 5.31. The van der Waals surface area contributed by atoms with Gasteiger partial charge < -0.3 is 4.74 Å². The van der Waals surface area contributed by atoms with E-state index in [0.29, 0.717) is 16.6 Å². The van der Waals surface area contributed by atoms with Gasteiger partial charge in [0.1, 0.15) is 5.75 Å². The van der Waals surface area contributed by atoms with Gasteiger partial charge in [-0.05, 0) is 28.1 Å². The lowest BCUT2D eigenvalue weighted by Gasteiger charge is -2.09. The summed E-state index contributed by atoms with van der Waals surface area (Å²) in [6, 6.07) is 7.69. The van der Waals surface area contributed by atoms with Crippen LogP contribution < -0.4 is 4.74 Å². The summed E-state index contributed by atoms with van der Waals surface area (Å²) < 4.78 is 32.8. The number of non-ortho nitro benzene ring substituents is 1. The van der Waals surface area contributed by atoms with Gasteiger partial charge in [-0.25, -0.2) is 8.78 Å². The summed E-state index contributed by atoms with van der Waals surface area (Å²) in [6.45, 7) is 0. The fraction of sp³-hybridized carbons (Fsp3) is 0. The van der Waals surface area contributed by atoms with E-state index >= 15 is 0 Å². The number of nitro groups is 1. The molecule has 0 aromatic heterocycles. The first kappa shape index (κ1) is 13.4. The summed E-state index contributed by atoms with van der Waals surface area (Å²) >= 11 is 3.16. The van der Waals surface area contributed by atoms with Crippen molar-refractivity contribution in [3.63, 3.8) is 0 Å². The van der Waals surface area contributed by atoms with Crippen LogP contribution in [0, 0.1) is 21.7 Å². The van der Waals surface area contributed by atoms with E-state index in [0.717, 1.165) is 0 Å². The number of nitro benzene ring substituents is 1. The van der Waals surface area contributed by atoms with E-state index in [1.807, 2.05) is 0 Å². The molecule has 0 saturated carbocycles. The van der Waals surface area contributed by atoms with Gasteiger partial charge in [0.2, 0.25) is 0 Å². The van der Waals surface area contributed by atoms with Gasteiger partial charge in [0.25, 0.3) is 5.69 Å². The Balaban J connectivity index is 2.42. The molecular formula is C12H6BrF2NO3. The van der Waals surface area contributed by atoms with Gasteiger partial charge >= 0.3 is 0 Å². The Kier molecular flexibility index (Phi) is 3.75. The number of benzene rings is 2. The fourth-order valence-corrected chi connectivity index (χ4v) is 1.75. The van der Waals surface area contributed by atoms with Crippen molar-refractivity contribution in [3.05, 3.63) is 62.6 Å². The first-order valence-electron chi connectivity index (χ1n) is 5.05.